The van der Waals surface area contributed by atoms with E-state index < -0.39 is 0 Å². The Morgan fingerprint density at radius 2 is 2.29 bits per heavy atom. The molecule has 4 nitrogen and oxygen atoms in total. The molecule has 0 aromatic heterocycles. The minimum absolute atomic E-state index is 0.0587. The van der Waals surface area contributed by atoms with Gasteiger partial charge in [0.05, 0.1) is 18.8 Å². The first kappa shape index (κ1) is 14.8. The van der Waals surface area contributed by atoms with Gasteiger partial charge < -0.3 is 19.9 Å². The molecule has 1 aromatic rings. The molecule has 2 fully saturated rings. The molecule has 2 aliphatic heterocycles. The van der Waals surface area contributed by atoms with Crippen molar-refractivity contribution >= 4 is 0 Å². The van der Waals surface area contributed by atoms with Crippen LogP contribution < -0.4 is 10.5 Å². The summed E-state index contributed by atoms with van der Waals surface area (Å²) >= 11 is 0. The van der Waals surface area contributed by atoms with Crippen LogP contribution in [-0.2, 0) is 9.47 Å². The minimum Gasteiger partial charge on any atom is -0.490 e. The molecule has 0 saturated carbocycles. The molecule has 3 unspecified atom stereocenters. The summed E-state index contributed by atoms with van der Waals surface area (Å²) in [7, 11) is 0. The number of nitrogens with two attached hydrogens (primary N) is 1. The normalized spacial score (nSPS) is 30.5. The van der Waals surface area contributed by atoms with E-state index in [1.54, 1.807) is 6.07 Å². The van der Waals surface area contributed by atoms with Crippen molar-refractivity contribution in [2.24, 2.45) is 5.73 Å². The van der Waals surface area contributed by atoms with E-state index in [2.05, 4.69) is 0 Å². The predicted molar refractivity (Wildman–Crippen MR) is 76.8 cm³/mol. The van der Waals surface area contributed by atoms with Gasteiger partial charge >= 0.3 is 0 Å². The van der Waals surface area contributed by atoms with Crippen LogP contribution in [0.2, 0.25) is 0 Å². The fourth-order valence-corrected chi connectivity index (χ4v) is 3.11. The topological polar surface area (TPSA) is 53.7 Å². The molecule has 0 aliphatic carbocycles. The summed E-state index contributed by atoms with van der Waals surface area (Å²) < 4.78 is 30.9. The monoisotopic (exact) mass is 295 g/mol. The lowest BCUT2D eigenvalue weighted by molar-refractivity contribution is -0.112. The Hall–Kier alpha value is -1.17. The highest BCUT2D eigenvalue weighted by atomic mass is 19.1. The molecular formula is C16H22FNO3. The smallest absolute Gasteiger partial charge is 0.124 e. The molecular weight excluding hydrogens is 273 g/mol. The lowest BCUT2D eigenvalue weighted by Gasteiger charge is -2.37. The van der Waals surface area contributed by atoms with Gasteiger partial charge in [-0.05, 0) is 25.1 Å². The lowest BCUT2D eigenvalue weighted by atomic mass is 9.91. The van der Waals surface area contributed by atoms with Gasteiger partial charge in [-0.2, -0.15) is 0 Å². The second-order valence-corrected chi connectivity index (χ2v) is 6.04. The van der Waals surface area contributed by atoms with Gasteiger partial charge in [0.15, 0.2) is 0 Å². The summed E-state index contributed by atoms with van der Waals surface area (Å²) in [6, 6.07) is 4.27. The molecule has 2 heterocycles. The van der Waals surface area contributed by atoms with Crippen molar-refractivity contribution in [3.05, 3.63) is 29.6 Å². The Balaban J connectivity index is 1.74. The zero-order chi connectivity index (χ0) is 14.9. The minimum atomic E-state index is -0.290. The van der Waals surface area contributed by atoms with Crippen molar-refractivity contribution in [2.45, 2.75) is 43.9 Å². The first-order valence-electron chi connectivity index (χ1n) is 7.51. The van der Waals surface area contributed by atoms with Gasteiger partial charge in [-0.25, -0.2) is 4.39 Å². The Labute approximate surface area is 124 Å². The van der Waals surface area contributed by atoms with E-state index in [4.69, 9.17) is 19.9 Å². The summed E-state index contributed by atoms with van der Waals surface area (Å²) in [5.41, 5.74) is 6.42. The number of hydrogen-bond donors (Lipinski definition) is 1. The van der Waals surface area contributed by atoms with Crippen LogP contribution in [0.4, 0.5) is 4.39 Å². The van der Waals surface area contributed by atoms with Crippen molar-refractivity contribution < 1.29 is 18.6 Å². The third kappa shape index (κ3) is 3.20. The molecule has 21 heavy (non-hydrogen) atoms. The zero-order valence-corrected chi connectivity index (χ0v) is 12.3. The molecule has 116 valence electrons. The van der Waals surface area contributed by atoms with Gasteiger partial charge in [0.2, 0.25) is 0 Å². The third-order valence-electron chi connectivity index (χ3n) is 4.27. The highest BCUT2D eigenvalue weighted by Gasteiger charge is 2.42. The Bertz CT molecular complexity index is 500. The summed E-state index contributed by atoms with van der Waals surface area (Å²) in [5, 5.41) is 0. The van der Waals surface area contributed by atoms with Gasteiger partial charge in [-0.1, -0.05) is 0 Å². The van der Waals surface area contributed by atoms with E-state index in [-0.39, 0.29) is 23.6 Å². The summed E-state index contributed by atoms with van der Waals surface area (Å²) in [5.74, 6) is 0.384. The molecule has 0 radical (unpaired) electrons. The number of halogens is 1. The van der Waals surface area contributed by atoms with Crippen LogP contribution >= 0.6 is 0 Å². The molecule has 5 heteroatoms. The van der Waals surface area contributed by atoms with Crippen LogP contribution in [0.15, 0.2) is 18.2 Å². The molecule has 1 spiro atoms. The largest absolute Gasteiger partial charge is 0.490 e. The van der Waals surface area contributed by atoms with Crippen molar-refractivity contribution in [3.8, 4) is 5.75 Å². The molecule has 2 saturated heterocycles. The Kier molecular flexibility index (Phi) is 4.15. The van der Waals surface area contributed by atoms with Crippen molar-refractivity contribution in [3.63, 3.8) is 0 Å². The van der Waals surface area contributed by atoms with E-state index >= 15 is 0 Å². The molecule has 0 bridgehead atoms. The first-order chi connectivity index (χ1) is 10.1. The number of ether oxygens (including phenoxy) is 3. The maximum Gasteiger partial charge on any atom is 0.124 e. The van der Waals surface area contributed by atoms with Gasteiger partial charge in [-0.15, -0.1) is 0 Å². The maximum atomic E-state index is 13.4. The van der Waals surface area contributed by atoms with Crippen LogP contribution in [-0.4, -0.2) is 31.5 Å². The van der Waals surface area contributed by atoms with Gasteiger partial charge in [-0.3, -0.25) is 0 Å². The van der Waals surface area contributed by atoms with Gasteiger partial charge in [0.1, 0.15) is 17.7 Å². The quantitative estimate of drug-likeness (QED) is 0.931. The maximum absolute atomic E-state index is 13.4. The van der Waals surface area contributed by atoms with Crippen molar-refractivity contribution in [1.82, 2.24) is 0 Å². The summed E-state index contributed by atoms with van der Waals surface area (Å²) in [4.78, 5) is 0. The lowest BCUT2D eigenvalue weighted by Crippen LogP contribution is -2.44. The van der Waals surface area contributed by atoms with Crippen LogP contribution in [0, 0.1) is 5.82 Å². The van der Waals surface area contributed by atoms with E-state index in [1.807, 2.05) is 6.92 Å². The molecule has 0 amide bonds. The third-order valence-corrected chi connectivity index (χ3v) is 4.27. The molecule has 3 atom stereocenters. The Morgan fingerprint density at radius 3 is 3.00 bits per heavy atom. The SMILES string of the molecule is CC(N)c1cc(F)ccc1OC1CCOC2(CCOC2)C1. The molecule has 3 rings (SSSR count). The average molecular weight is 295 g/mol. The van der Waals surface area contributed by atoms with E-state index in [0.717, 1.165) is 25.9 Å². The summed E-state index contributed by atoms with van der Waals surface area (Å²) in [6.07, 6.45) is 2.61. The predicted octanol–water partition coefficient (Wildman–Crippen LogP) is 2.56. The fourth-order valence-electron chi connectivity index (χ4n) is 3.11. The van der Waals surface area contributed by atoms with Crippen LogP contribution in [0.5, 0.6) is 5.75 Å². The van der Waals surface area contributed by atoms with Gasteiger partial charge in [0.25, 0.3) is 0 Å². The molecule has 2 N–H and O–H groups in total. The summed E-state index contributed by atoms with van der Waals surface area (Å²) in [6.45, 7) is 3.88. The number of hydrogen-bond acceptors (Lipinski definition) is 4. The van der Waals surface area contributed by atoms with Crippen LogP contribution in [0.3, 0.4) is 0 Å². The standard InChI is InChI=1S/C16H22FNO3/c1-11(18)14-8-12(17)2-3-15(14)21-13-4-6-20-16(9-13)5-7-19-10-16/h2-3,8,11,13H,4-7,9-10,18H2,1H3. The second-order valence-electron chi connectivity index (χ2n) is 6.04. The van der Waals surface area contributed by atoms with E-state index in [9.17, 15) is 4.39 Å². The van der Waals surface area contributed by atoms with Crippen LogP contribution in [0.25, 0.3) is 0 Å². The average Bonchev–Trinajstić information content (AvgIpc) is 2.88. The van der Waals surface area contributed by atoms with Crippen LogP contribution in [0.1, 0.15) is 37.8 Å². The van der Waals surface area contributed by atoms with Gasteiger partial charge in [0, 0.05) is 37.5 Å². The van der Waals surface area contributed by atoms with Crippen molar-refractivity contribution in [2.75, 3.05) is 19.8 Å². The van der Waals surface area contributed by atoms with E-state index in [0.29, 0.717) is 24.5 Å². The second kappa shape index (κ2) is 5.91. The fraction of sp³-hybridized carbons (Fsp3) is 0.625. The number of rotatable bonds is 3. The number of benzene rings is 1. The highest BCUT2D eigenvalue weighted by molar-refractivity contribution is 5.36. The highest BCUT2D eigenvalue weighted by Crippen LogP contribution is 2.35. The Morgan fingerprint density at radius 1 is 1.43 bits per heavy atom. The first-order valence-corrected chi connectivity index (χ1v) is 7.51. The molecule has 2 aliphatic rings. The van der Waals surface area contributed by atoms with Crippen molar-refractivity contribution in [1.29, 1.82) is 0 Å². The zero-order valence-electron chi connectivity index (χ0n) is 12.3. The molecule has 1 aromatic carbocycles. The van der Waals surface area contributed by atoms with E-state index in [1.165, 1.54) is 12.1 Å².